The van der Waals surface area contributed by atoms with Gasteiger partial charge in [-0.25, -0.2) is 4.79 Å². The third-order valence-corrected chi connectivity index (χ3v) is 5.11. The van der Waals surface area contributed by atoms with E-state index < -0.39 is 5.60 Å². The minimum absolute atomic E-state index is 0.171. The minimum Gasteiger partial charge on any atom is -0.444 e. The fraction of sp³-hybridized carbons (Fsp3) is 0.632. The van der Waals surface area contributed by atoms with Crippen LogP contribution in [0, 0.1) is 0 Å². The highest BCUT2D eigenvalue weighted by atomic mass is 35.5. The van der Waals surface area contributed by atoms with Crippen molar-refractivity contribution < 1.29 is 9.53 Å². The molecule has 0 radical (unpaired) electrons. The third-order valence-electron chi connectivity index (χ3n) is 4.86. The highest BCUT2D eigenvalue weighted by Crippen LogP contribution is 2.34. The fourth-order valence-electron chi connectivity index (χ4n) is 3.87. The second-order valence-electron chi connectivity index (χ2n) is 7.76. The summed E-state index contributed by atoms with van der Waals surface area (Å²) in [6.07, 6.45) is 4.39. The first-order chi connectivity index (χ1) is 11.3. The Labute approximate surface area is 149 Å². The molecule has 3 rings (SSSR count). The predicted molar refractivity (Wildman–Crippen MR) is 97.8 cm³/mol. The van der Waals surface area contributed by atoms with E-state index in [2.05, 4.69) is 17.0 Å². The molecule has 24 heavy (non-hydrogen) atoms. The van der Waals surface area contributed by atoms with Crippen LogP contribution >= 0.6 is 11.6 Å². The Hall–Kier alpha value is -1.42. The number of nitrogens with zero attached hydrogens (tertiary/aromatic N) is 2. The van der Waals surface area contributed by atoms with Gasteiger partial charge in [0.05, 0.1) is 6.04 Å². The van der Waals surface area contributed by atoms with Crippen LogP contribution in [0.4, 0.5) is 10.5 Å². The fourth-order valence-corrected chi connectivity index (χ4v) is 3.99. The molecule has 1 heterocycles. The summed E-state index contributed by atoms with van der Waals surface area (Å²) in [5, 5.41) is 0.756. The maximum atomic E-state index is 12.6. The molecule has 2 aliphatic rings. The van der Waals surface area contributed by atoms with Gasteiger partial charge in [0.15, 0.2) is 0 Å². The summed E-state index contributed by atoms with van der Waals surface area (Å²) in [6, 6.07) is 8.64. The number of carbonyl (C=O) groups excluding carboxylic acids is 1. The van der Waals surface area contributed by atoms with Gasteiger partial charge in [0.2, 0.25) is 0 Å². The summed E-state index contributed by atoms with van der Waals surface area (Å²) in [4.78, 5) is 17.0. The highest BCUT2D eigenvalue weighted by molar-refractivity contribution is 6.30. The maximum Gasteiger partial charge on any atom is 0.410 e. The van der Waals surface area contributed by atoms with Crippen molar-refractivity contribution in [2.75, 3.05) is 18.0 Å². The van der Waals surface area contributed by atoms with E-state index in [1.807, 2.05) is 37.8 Å². The van der Waals surface area contributed by atoms with Crippen molar-refractivity contribution in [1.82, 2.24) is 4.90 Å². The van der Waals surface area contributed by atoms with Gasteiger partial charge in [-0.1, -0.05) is 24.4 Å². The lowest BCUT2D eigenvalue weighted by Crippen LogP contribution is -2.62. The van der Waals surface area contributed by atoms with Crippen LogP contribution in [0.25, 0.3) is 0 Å². The SMILES string of the molecule is CC(C)(C)OC(=O)N1CCN(c2ccc(Cl)cc2)[C@@H]2CCCC[C@@H]21. The highest BCUT2D eigenvalue weighted by Gasteiger charge is 2.41. The Balaban J connectivity index is 1.79. The molecule has 0 spiro atoms. The van der Waals surface area contributed by atoms with Gasteiger partial charge in [-0.2, -0.15) is 0 Å². The molecule has 0 bridgehead atoms. The first-order valence-corrected chi connectivity index (χ1v) is 9.25. The first-order valence-electron chi connectivity index (χ1n) is 8.87. The molecule has 2 atom stereocenters. The number of halogens is 1. The van der Waals surface area contributed by atoms with Crippen molar-refractivity contribution in [1.29, 1.82) is 0 Å². The third kappa shape index (κ3) is 3.80. The van der Waals surface area contributed by atoms with Gasteiger partial charge in [-0.05, 0) is 57.9 Å². The summed E-state index contributed by atoms with van der Waals surface area (Å²) >= 11 is 6.03. The number of hydrogen-bond acceptors (Lipinski definition) is 3. The van der Waals surface area contributed by atoms with Crippen LogP contribution in [-0.2, 0) is 4.74 Å². The number of fused-ring (bicyclic) bond motifs is 1. The topological polar surface area (TPSA) is 32.8 Å². The van der Waals surface area contributed by atoms with Gasteiger partial charge in [-0.3, -0.25) is 0 Å². The van der Waals surface area contributed by atoms with Crippen LogP contribution < -0.4 is 4.90 Å². The molecule has 1 saturated carbocycles. The smallest absolute Gasteiger partial charge is 0.410 e. The summed E-state index contributed by atoms with van der Waals surface area (Å²) in [6.45, 7) is 7.31. The number of benzene rings is 1. The van der Waals surface area contributed by atoms with Gasteiger partial charge in [0.25, 0.3) is 0 Å². The van der Waals surface area contributed by atoms with Crippen molar-refractivity contribution in [3.8, 4) is 0 Å². The second-order valence-corrected chi connectivity index (χ2v) is 8.20. The molecule has 1 aromatic carbocycles. The van der Waals surface area contributed by atoms with Crippen molar-refractivity contribution in [2.45, 2.75) is 64.1 Å². The molecule has 0 N–H and O–H groups in total. The Kier molecular flexibility index (Phi) is 4.95. The number of ether oxygens (including phenoxy) is 1. The molecule has 1 saturated heterocycles. The number of piperazine rings is 1. The average molecular weight is 351 g/mol. The monoisotopic (exact) mass is 350 g/mol. The zero-order valence-corrected chi connectivity index (χ0v) is 15.6. The number of amides is 1. The number of carbonyl (C=O) groups is 1. The second kappa shape index (κ2) is 6.83. The molecule has 1 amide bonds. The van der Waals surface area contributed by atoms with Gasteiger partial charge in [-0.15, -0.1) is 0 Å². The lowest BCUT2D eigenvalue weighted by atomic mass is 9.86. The van der Waals surface area contributed by atoms with E-state index in [0.717, 1.165) is 24.4 Å². The Bertz CT molecular complexity index is 582. The van der Waals surface area contributed by atoms with Crippen molar-refractivity contribution in [3.63, 3.8) is 0 Å². The van der Waals surface area contributed by atoms with E-state index in [1.165, 1.54) is 18.5 Å². The van der Waals surface area contributed by atoms with Gasteiger partial charge in [0.1, 0.15) is 5.60 Å². The Morgan fingerprint density at radius 2 is 1.71 bits per heavy atom. The Morgan fingerprint density at radius 3 is 2.33 bits per heavy atom. The molecule has 0 aromatic heterocycles. The van der Waals surface area contributed by atoms with E-state index in [4.69, 9.17) is 16.3 Å². The van der Waals surface area contributed by atoms with Gasteiger partial charge >= 0.3 is 6.09 Å². The molecule has 1 aromatic rings. The van der Waals surface area contributed by atoms with Gasteiger partial charge in [0, 0.05) is 29.8 Å². The molecule has 2 fully saturated rings. The zero-order chi connectivity index (χ0) is 17.3. The summed E-state index contributed by atoms with van der Waals surface area (Å²) in [7, 11) is 0. The van der Waals surface area contributed by atoms with Crippen LogP contribution in [-0.4, -0.2) is 41.8 Å². The summed E-state index contributed by atoms with van der Waals surface area (Å²) in [5.74, 6) is 0. The largest absolute Gasteiger partial charge is 0.444 e. The van der Waals surface area contributed by atoms with E-state index >= 15 is 0 Å². The van der Waals surface area contributed by atoms with E-state index in [9.17, 15) is 4.79 Å². The molecule has 1 aliphatic carbocycles. The summed E-state index contributed by atoms with van der Waals surface area (Å²) < 4.78 is 5.63. The summed E-state index contributed by atoms with van der Waals surface area (Å²) in [5.41, 5.74) is 0.745. The zero-order valence-electron chi connectivity index (χ0n) is 14.8. The lowest BCUT2D eigenvalue weighted by molar-refractivity contribution is 0.00435. The number of anilines is 1. The van der Waals surface area contributed by atoms with Gasteiger partial charge < -0.3 is 14.5 Å². The van der Waals surface area contributed by atoms with Crippen molar-refractivity contribution in [3.05, 3.63) is 29.3 Å². The predicted octanol–water partition coefficient (Wildman–Crippen LogP) is 4.71. The van der Waals surface area contributed by atoms with Crippen LogP contribution in [0.5, 0.6) is 0 Å². The van der Waals surface area contributed by atoms with Crippen molar-refractivity contribution >= 4 is 23.4 Å². The first kappa shape index (κ1) is 17.4. The maximum absolute atomic E-state index is 12.6. The van der Waals surface area contributed by atoms with Crippen LogP contribution in [0.15, 0.2) is 24.3 Å². The Morgan fingerprint density at radius 1 is 1.08 bits per heavy atom. The molecular weight excluding hydrogens is 324 g/mol. The van der Waals surface area contributed by atoms with Crippen LogP contribution in [0.1, 0.15) is 46.5 Å². The number of rotatable bonds is 1. The molecule has 4 nitrogen and oxygen atoms in total. The molecule has 0 unspecified atom stereocenters. The normalized spacial score (nSPS) is 24.5. The van der Waals surface area contributed by atoms with E-state index in [0.29, 0.717) is 12.6 Å². The lowest BCUT2D eigenvalue weighted by Gasteiger charge is -2.50. The van der Waals surface area contributed by atoms with E-state index in [-0.39, 0.29) is 12.1 Å². The molecular formula is C19H27ClN2O2. The standard InChI is InChI=1S/C19H27ClN2O2/c1-19(2,3)24-18(23)22-13-12-21(15-10-8-14(20)9-11-15)16-6-4-5-7-17(16)22/h8-11,16-17H,4-7,12-13H2,1-3H3/t16-,17+/m1/s1. The molecule has 1 aliphatic heterocycles. The number of hydrogen-bond donors (Lipinski definition) is 0. The molecule has 5 heteroatoms. The average Bonchev–Trinajstić information content (AvgIpc) is 2.53. The quantitative estimate of drug-likeness (QED) is 0.735. The van der Waals surface area contributed by atoms with E-state index in [1.54, 1.807) is 0 Å². The van der Waals surface area contributed by atoms with Crippen LogP contribution in [0.3, 0.4) is 0 Å². The van der Waals surface area contributed by atoms with Crippen LogP contribution in [0.2, 0.25) is 5.02 Å². The van der Waals surface area contributed by atoms with Crippen molar-refractivity contribution in [2.24, 2.45) is 0 Å². The molecule has 132 valence electrons. The minimum atomic E-state index is -0.450.